The van der Waals surface area contributed by atoms with Gasteiger partial charge in [0.1, 0.15) is 6.07 Å². The largest absolute Gasteiger partial charge is 0.375 e. The van der Waals surface area contributed by atoms with Crippen LogP contribution < -0.4 is 19.6 Å². The third-order valence-corrected chi connectivity index (χ3v) is 16.9. The highest BCUT2D eigenvalue weighted by atomic mass is 35.5. The summed E-state index contributed by atoms with van der Waals surface area (Å²) >= 11 is 6.41. The van der Waals surface area contributed by atoms with E-state index in [0.29, 0.717) is 59.7 Å². The summed E-state index contributed by atoms with van der Waals surface area (Å²) in [6.45, 7) is 10.3. The Morgan fingerprint density at radius 2 is 1.68 bits per heavy atom. The number of fused-ring (bicyclic) bond motifs is 1. The maximum Gasteiger partial charge on any atom is 0.264 e. The van der Waals surface area contributed by atoms with Gasteiger partial charge < -0.3 is 29.2 Å². The lowest BCUT2D eigenvalue weighted by atomic mass is 9.77. The van der Waals surface area contributed by atoms with Crippen LogP contribution in [0.25, 0.3) is 11.1 Å². The molecule has 4 aromatic rings. The molecule has 17 heteroatoms. The zero-order chi connectivity index (χ0) is 49.0. The van der Waals surface area contributed by atoms with Crippen LogP contribution >= 0.6 is 11.6 Å². The van der Waals surface area contributed by atoms with Crippen molar-refractivity contribution in [2.24, 2.45) is 23.5 Å². The Balaban J connectivity index is 0.683. The summed E-state index contributed by atoms with van der Waals surface area (Å²) in [5, 5.41) is 28.8. The number of aromatic nitrogens is 4. The van der Waals surface area contributed by atoms with Gasteiger partial charge in [0.05, 0.1) is 47.5 Å². The molecule has 4 fully saturated rings. The van der Waals surface area contributed by atoms with Gasteiger partial charge in [0.15, 0.2) is 17.9 Å². The number of amides is 1. The zero-order valence-corrected chi connectivity index (χ0v) is 41.9. The van der Waals surface area contributed by atoms with E-state index in [1.54, 1.807) is 37.1 Å². The summed E-state index contributed by atoms with van der Waals surface area (Å²) in [5.74, 6) is 2.98. The van der Waals surface area contributed by atoms with E-state index < -0.39 is 6.43 Å². The molecule has 71 heavy (non-hydrogen) atoms. The molecule has 1 saturated carbocycles. The van der Waals surface area contributed by atoms with E-state index >= 15 is 0 Å². The first-order valence-electron chi connectivity index (χ1n) is 25.8. The number of halogens is 3. The first-order valence-corrected chi connectivity index (χ1v) is 26.2. The number of alkyl halides is 2. The summed E-state index contributed by atoms with van der Waals surface area (Å²) in [5.41, 5.74) is 6.94. The van der Waals surface area contributed by atoms with Crippen LogP contribution in [0.4, 0.5) is 31.8 Å². The van der Waals surface area contributed by atoms with Crippen molar-refractivity contribution in [3.05, 3.63) is 87.8 Å². The van der Waals surface area contributed by atoms with Gasteiger partial charge in [-0.2, -0.15) is 10.4 Å². The number of anilines is 4. The van der Waals surface area contributed by atoms with Crippen LogP contribution in [0.3, 0.4) is 0 Å². The molecule has 2 aromatic heterocycles. The van der Waals surface area contributed by atoms with Gasteiger partial charge in [-0.1, -0.05) is 16.3 Å². The fourth-order valence-corrected chi connectivity index (χ4v) is 12.8. The van der Waals surface area contributed by atoms with E-state index in [1.165, 1.54) is 0 Å². The van der Waals surface area contributed by atoms with Gasteiger partial charge in [0, 0.05) is 106 Å². The molecular formula is C54H64ClF2N12O2+. The predicted molar refractivity (Wildman–Crippen MR) is 272 cm³/mol. The number of hydrazone groups is 1. The second kappa shape index (κ2) is 19.6. The summed E-state index contributed by atoms with van der Waals surface area (Å²) in [6, 6.07) is 16.2. The third kappa shape index (κ3) is 9.52. The number of ether oxygens (including phenoxy) is 1. The molecular weight excluding hydrogens is 922 g/mol. The number of rotatable bonds is 8. The molecule has 0 N–H and O–H groups in total. The fourth-order valence-electron chi connectivity index (χ4n) is 12.6. The quantitative estimate of drug-likeness (QED) is 0.158. The number of carbonyl (C=O) groups is 1. The lowest BCUT2D eigenvalue weighted by Gasteiger charge is -2.40. The molecule has 14 nitrogen and oxygen atoms in total. The molecule has 2 aromatic carbocycles. The van der Waals surface area contributed by atoms with Crippen LogP contribution in [0.15, 0.2) is 71.2 Å². The molecule has 0 bridgehead atoms. The van der Waals surface area contributed by atoms with Gasteiger partial charge in [-0.3, -0.25) is 9.48 Å². The summed E-state index contributed by atoms with van der Waals surface area (Å²) in [7, 11) is 1.79. The standard InChI is InChI=1S/C54H64ClF2N12O2/c1-35-28-54(34-68(35)41-9-8-39(29-58)47(55)26-41)17-23-65(24-18-54)51-13-12-50(60-61-51)64-20-14-43(15-21-64)71-42-10-6-37(7-11-42)31-69-48-16-22-66(36(2)70)33-46(48)53(62-69)67-19-4-5-38-25-44(40-30-59-63(3)32-40)45(52(56)57)27-49(38)67/h8-9,12-13,25-27,30-32,35,37,42-43,52H,4-7,10-11,14-24,28,33-34H2,1-3H3/q+1/b69-31-/t35-,37?,42?/m0/s1. The van der Waals surface area contributed by atoms with E-state index in [0.717, 1.165) is 149 Å². The van der Waals surface area contributed by atoms with Crippen molar-refractivity contribution in [1.29, 1.82) is 5.26 Å². The number of hydrogen-bond donors (Lipinski definition) is 0. The van der Waals surface area contributed by atoms with Gasteiger partial charge >= 0.3 is 0 Å². The van der Waals surface area contributed by atoms with Gasteiger partial charge in [0.25, 0.3) is 6.43 Å². The summed E-state index contributed by atoms with van der Waals surface area (Å²) < 4.78 is 40.0. The minimum Gasteiger partial charge on any atom is -0.375 e. The molecule has 0 radical (unpaired) electrons. The second-order valence-corrected chi connectivity index (χ2v) is 21.5. The van der Waals surface area contributed by atoms with Crippen LogP contribution in [-0.4, -0.2) is 118 Å². The van der Waals surface area contributed by atoms with Crippen molar-refractivity contribution in [2.45, 2.75) is 116 Å². The number of benzene rings is 2. The minimum atomic E-state index is -2.66. The van der Waals surface area contributed by atoms with Crippen molar-refractivity contribution in [1.82, 2.24) is 24.9 Å². The van der Waals surface area contributed by atoms with Crippen molar-refractivity contribution >= 4 is 52.6 Å². The second-order valence-electron chi connectivity index (χ2n) is 21.1. The SMILES string of the molecule is CC(=O)N1CCC2=C(C1)C(N1CCCc3cc(-c4cnn(C)c4)c(C(F)F)cc31)=N/[N+]2=C\C1CCC(OC2CCN(c3ccc(N4CCC5(CC4)C[C@H](C)N(c4ccc(C#N)c(Cl)c4)C5)nn3)CC2)CC1. The van der Waals surface area contributed by atoms with Crippen LogP contribution in [0, 0.1) is 22.7 Å². The molecule has 1 atom stereocenters. The number of carbonyl (C=O) groups excluding carboxylic acids is 1. The number of piperidine rings is 2. The Morgan fingerprint density at radius 1 is 0.944 bits per heavy atom. The van der Waals surface area contributed by atoms with E-state index in [1.807, 2.05) is 29.2 Å². The molecule has 8 heterocycles. The Bertz CT molecular complexity index is 2800. The van der Waals surface area contributed by atoms with Crippen LogP contribution in [0.1, 0.15) is 108 Å². The van der Waals surface area contributed by atoms with Gasteiger partial charge in [-0.25, -0.2) is 8.78 Å². The van der Waals surface area contributed by atoms with Crippen LogP contribution in [0.5, 0.6) is 0 Å². The zero-order valence-electron chi connectivity index (χ0n) is 41.1. The molecule has 3 saturated heterocycles. The molecule has 372 valence electrons. The van der Waals surface area contributed by atoms with E-state index in [9.17, 15) is 18.8 Å². The number of aryl methyl sites for hydroxylation is 2. The third-order valence-electron chi connectivity index (χ3n) is 16.6. The fraction of sp³-hybridized carbons (Fsp3) is 0.537. The van der Waals surface area contributed by atoms with Crippen molar-refractivity contribution in [3.63, 3.8) is 0 Å². The molecule has 11 rings (SSSR count). The number of nitriles is 1. The highest BCUT2D eigenvalue weighted by Gasteiger charge is 2.45. The van der Waals surface area contributed by atoms with Crippen LogP contribution in [-0.2, 0) is 23.0 Å². The highest BCUT2D eigenvalue weighted by Crippen LogP contribution is 2.46. The van der Waals surface area contributed by atoms with Gasteiger partial charge in [-0.15, -0.1) is 10.2 Å². The van der Waals surface area contributed by atoms with Crippen LogP contribution in [0.2, 0.25) is 5.02 Å². The molecule has 6 aliphatic heterocycles. The number of hydrogen-bond acceptors (Lipinski definition) is 11. The van der Waals surface area contributed by atoms with Gasteiger partial charge in [0.2, 0.25) is 17.4 Å². The Kier molecular flexibility index (Phi) is 13.1. The topological polar surface area (TPSA) is 125 Å². The Hall–Kier alpha value is -5.92. The molecule has 0 unspecified atom stereocenters. The Morgan fingerprint density at radius 3 is 2.34 bits per heavy atom. The van der Waals surface area contributed by atoms with E-state index in [-0.39, 0.29) is 29.1 Å². The van der Waals surface area contributed by atoms with Crippen molar-refractivity contribution in [3.8, 4) is 17.2 Å². The normalized spacial score (nSPS) is 24.3. The number of amidine groups is 1. The average molecular weight is 987 g/mol. The predicted octanol–water partition coefficient (Wildman–Crippen LogP) is 9.14. The van der Waals surface area contributed by atoms with E-state index in [2.05, 4.69) is 60.7 Å². The minimum absolute atomic E-state index is 0.0121. The smallest absolute Gasteiger partial charge is 0.264 e. The maximum absolute atomic E-state index is 14.8. The first-order chi connectivity index (χ1) is 34.4. The first kappa shape index (κ1) is 47.4. The molecule has 7 aliphatic rings. The lowest BCUT2D eigenvalue weighted by molar-refractivity contribution is -0.479. The average Bonchev–Trinajstić information content (AvgIpc) is 4.08. The van der Waals surface area contributed by atoms with Gasteiger partial charge in [-0.05, 0) is 137 Å². The molecule has 1 spiro atoms. The molecule has 1 amide bonds. The molecule has 1 aliphatic carbocycles. The van der Waals surface area contributed by atoms with E-state index in [4.69, 9.17) is 31.6 Å². The maximum atomic E-state index is 14.8. The van der Waals surface area contributed by atoms with Crippen molar-refractivity contribution < 1.29 is 23.0 Å². The Labute approximate surface area is 420 Å². The number of nitrogens with zero attached hydrogens (tertiary/aromatic N) is 12. The monoisotopic (exact) mass is 985 g/mol. The van der Waals surface area contributed by atoms with Crippen molar-refractivity contribution in [2.75, 3.05) is 72.0 Å². The summed E-state index contributed by atoms with van der Waals surface area (Å²) in [4.78, 5) is 23.8. The lowest BCUT2D eigenvalue weighted by Crippen LogP contribution is -2.42. The summed E-state index contributed by atoms with van der Waals surface area (Å²) in [6.07, 6.45) is 15.0. The highest BCUT2D eigenvalue weighted by molar-refractivity contribution is 6.32.